The quantitative estimate of drug-likeness (QED) is 0.865. The lowest BCUT2D eigenvalue weighted by atomic mass is 9.81. The van der Waals surface area contributed by atoms with Crippen molar-refractivity contribution in [2.75, 3.05) is 5.32 Å². The van der Waals surface area contributed by atoms with Crippen molar-refractivity contribution in [2.24, 2.45) is 11.1 Å². The molecule has 0 spiro atoms. The summed E-state index contributed by atoms with van der Waals surface area (Å²) in [4.78, 5) is 12.0. The number of amides is 1. The largest absolute Gasteiger partial charge is 0.325 e. The average Bonchev–Trinajstić information content (AvgIpc) is 2.61. The van der Waals surface area contributed by atoms with Crippen LogP contribution in [0.1, 0.15) is 57.2 Å². The Labute approximate surface area is 119 Å². The third-order valence-corrected chi connectivity index (χ3v) is 4.00. The van der Waals surface area contributed by atoms with Crippen LogP contribution in [0.2, 0.25) is 5.02 Å². The molecule has 19 heavy (non-hydrogen) atoms. The molecule has 2 rings (SSSR count). The van der Waals surface area contributed by atoms with Gasteiger partial charge in [-0.15, -0.1) is 0 Å². The number of carbonyl (C=O) groups is 1. The Balaban J connectivity index is 2.57. The summed E-state index contributed by atoms with van der Waals surface area (Å²) in [7, 11) is 0. The molecule has 0 saturated carbocycles. The first kappa shape index (κ1) is 14.4. The highest BCUT2D eigenvalue weighted by atomic mass is 35.5. The van der Waals surface area contributed by atoms with Crippen LogP contribution in [0.3, 0.4) is 0 Å². The fourth-order valence-electron chi connectivity index (χ4n) is 2.54. The summed E-state index contributed by atoms with van der Waals surface area (Å²) in [6.45, 7) is 8.25. The average molecular weight is 281 g/mol. The van der Waals surface area contributed by atoms with Crippen LogP contribution in [0.5, 0.6) is 0 Å². The Morgan fingerprint density at radius 1 is 1.42 bits per heavy atom. The van der Waals surface area contributed by atoms with E-state index in [0.29, 0.717) is 5.02 Å². The zero-order valence-electron chi connectivity index (χ0n) is 11.9. The Kier molecular flexibility index (Phi) is 3.63. The lowest BCUT2D eigenvalue weighted by Gasteiger charge is -2.29. The third kappa shape index (κ3) is 2.49. The highest BCUT2D eigenvalue weighted by Crippen LogP contribution is 2.44. The van der Waals surface area contributed by atoms with Crippen molar-refractivity contribution in [3.05, 3.63) is 28.3 Å². The highest BCUT2D eigenvalue weighted by molar-refractivity contribution is 6.31. The fourth-order valence-corrected chi connectivity index (χ4v) is 2.77. The van der Waals surface area contributed by atoms with E-state index in [-0.39, 0.29) is 23.3 Å². The van der Waals surface area contributed by atoms with Crippen LogP contribution in [-0.4, -0.2) is 5.91 Å². The smallest absolute Gasteiger partial charge is 0.232 e. The summed E-state index contributed by atoms with van der Waals surface area (Å²) in [5.74, 6) is -0.0678. The number of nitrogens with one attached hydrogen (secondary N) is 1. The molecule has 3 nitrogen and oxygen atoms in total. The van der Waals surface area contributed by atoms with Crippen molar-refractivity contribution in [1.29, 1.82) is 0 Å². The van der Waals surface area contributed by atoms with E-state index >= 15 is 0 Å². The predicted octanol–water partition coefficient (Wildman–Crippen LogP) is 3.83. The standard InChI is InChI=1S/C15H21ClN2O/c1-5-9-10-6-8(16)7-11(12(10)18-14(9)19)13(17)15(2,3)4/h6-7,9,13H,5,17H2,1-4H3,(H,18,19). The van der Waals surface area contributed by atoms with E-state index in [1.807, 2.05) is 19.1 Å². The van der Waals surface area contributed by atoms with E-state index in [2.05, 4.69) is 26.1 Å². The van der Waals surface area contributed by atoms with Crippen molar-refractivity contribution in [2.45, 2.75) is 46.1 Å². The second-order valence-corrected chi connectivity index (χ2v) is 6.69. The molecule has 104 valence electrons. The monoisotopic (exact) mass is 280 g/mol. The second kappa shape index (κ2) is 4.80. The Morgan fingerprint density at radius 3 is 2.58 bits per heavy atom. The lowest BCUT2D eigenvalue weighted by molar-refractivity contribution is -0.117. The Hall–Kier alpha value is -1.06. The van der Waals surface area contributed by atoms with Crippen molar-refractivity contribution in [3.63, 3.8) is 0 Å². The summed E-state index contributed by atoms with van der Waals surface area (Å²) < 4.78 is 0. The number of halogens is 1. The summed E-state index contributed by atoms with van der Waals surface area (Å²) in [6, 6.07) is 3.58. The first-order valence-corrected chi connectivity index (χ1v) is 7.03. The molecule has 1 heterocycles. The number of anilines is 1. The predicted molar refractivity (Wildman–Crippen MR) is 79.5 cm³/mol. The number of nitrogens with two attached hydrogens (primary N) is 1. The molecule has 3 N–H and O–H groups in total. The number of carbonyl (C=O) groups excluding carboxylic acids is 1. The molecule has 0 fully saturated rings. The van der Waals surface area contributed by atoms with Gasteiger partial charge in [0.2, 0.25) is 5.91 Å². The van der Waals surface area contributed by atoms with E-state index in [1.54, 1.807) is 0 Å². The third-order valence-electron chi connectivity index (χ3n) is 3.78. The molecule has 1 aromatic carbocycles. The number of rotatable bonds is 2. The number of benzene rings is 1. The molecule has 0 bridgehead atoms. The van der Waals surface area contributed by atoms with Crippen LogP contribution in [0.15, 0.2) is 12.1 Å². The Morgan fingerprint density at radius 2 is 2.05 bits per heavy atom. The molecular weight excluding hydrogens is 260 g/mol. The number of hydrogen-bond acceptors (Lipinski definition) is 2. The minimum Gasteiger partial charge on any atom is -0.325 e. The summed E-state index contributed by atoms with van der Waals surface area (Å²) in [5.41, 5.74) is 9.02. The second-order valence-electron chi connectivity index (χ2n) is 6.25. The summed E-state index contributed by atoms with van der Waals surface area (Å²) in [5, 5.41) is 3.61. The van der Waals surface area contributed by atoms with Gasteiger partial charge in [0.1, 0.15) is 0 Å². The van der Waals surface area contributed by atoms with Gasteiger partial charge in [0, 0.05) is 16.8 Å². The molecule has 0 saturated heterocycles. The molecule has 1 aliphatic heterocycles. The lowest BCUT2D eigenvalue weighted by Crippen LogP contribution is -2.27. The van der Waals surface area contributed by atoms with Gasteiger partial charge in [-0.25, -0.2) is 0 Å². The van der Waals surface area contributed by atoms with E-state index < -0.39 is 0 Å². The molecule has 0 aromatic heterocycles. The minimum atomic E-state index is -0.171. The highest BCUT2D eigenvalue weighted by Gasteiger charge is 2.34. The maximum absolute atomic E-state index is 12.0. The van der Waals surface area contributed by atoms with Crippen LogP contribution >= 0.6 is 11.6 Å². The van der Waals surface area contributed by atoms with Gasteiger partial charge >= 0.3 is 0 Å². The van der Waals surface area contributed by atoms with Gasteiger partial charge in [0.25, 0.3) is 0 Å². The van der Waals surface area contributed by atoms with Gasteiger partial charge in [-0.2, -0.15) is 0 Å². The minimum absolute atomic E-state index is 0.0436. The maximum atomic E-state index is 12.0. The molecular formula is C15H21ClN2O. The number of hydrogen-bond donors (Lipinski definition) is 2. The van der Waals surface area contributed by atoms with Gasteiger partial charge in [-0.1, -0.05) is 39.3 Å². The molecule has 2 unspecified atom stereocenters. The first-order chi connectivity index (χ1) is 8.75. The molecule has 2 atom stereocenters. The zero-order chi connectivity index (χ0) is 14.4. The van der Waals surface area contributed by atoms with Crippen LogP contribution in [-0.2, 0) is 4.79 Å². The van der Waals surface area contributed by atoms with E-state index in [9.17, 15) is 4.79 Å². The molecule has 1 aliphatic rings. The SMILES string of the molecule is CCC1C(=O)Nc2c1cc(Cl)cc2C(N)C(C)(C)C. The normalized spacial score (nSPS) is 20.1. The van der Waals surface area contributed by atoms with Crippen molar-refractivity contribution >= 4 is 23.2 Å². The van der Waals surface area contributed by atoms with Gasteiger partial charge in [-0.3, -0.25) is 4.79 Å². The Bertz CT molecular complexity index is 520. The fraction of sp³-hybridized carbons (Fsp3) is 0.533. The summed E-state index contributed by atoms with van der Waals surface area (Å²) in [6.07, 6.45) is 0.767. The van der Waals surface area contributed by atoms with E-state index in [1.165, 1.54) is 0 Å². The van der Waals surface area contributed by atoms with Gasteiger partial charge in [0.05, 0.1) is 5.92 Å². The van der Waals surface area contributed by atoms with Crippen molar-refractivity contribution in [1.82, 2.24) is 0 Å². The molecule has 0 radical (unpaired) electrons. The molecule has 4 heteroatoms. The maximum Gasteiger partial charge on any atom is 0.232 e. The number of fused-ring (bicyclic) bond motifs is 1. The van der Waals surface area contributed by atoms with E-state index in [0.717, 1.165) is 23.2 Å². The molecule has 0 aliphatic carbocycles. The van der Waals surface area contributed by atoms with Gasteiger partial charge in [0.15, 0.2) is 0 Å². The van der Waals surface area contributed by atoms with E-state index in [4.69, 9.17) is 17.3 Å². The first-order valence-electron chi connectivity index (χ1n) is 6.65. The van der Waals surface area contributed by atoms with Crippen LogP contribution in [0, 0.1) is 5.41 Å². The molecule has 1 amide bonds. The topological polar surface area (TPSA) is 55.1 Å². The van der Waals surface area contributed by atoms with Crippen molar-refractivity contribution < 1.29 is 4.79 Å². The van der Waals surface area contributed by atoms with Crippen LogP contribution in [0.4, 0.5) is 5.69 Å². The summed E-state index contributed by atoms with van der Waals surface area (Å²) >= 11 is 6.20. The molecule has 1 aromatic rings. The van der Waals surface area contributed by atoms with Gasteiger partial charge < -0.3 is 11.1 Å². The van der Waals surface area contributed by atoms with Crippen molar-refractivity contribution in [3.8, 4) is 0 Å². The van der Waals surface area contributed by atoms with Crippen LogP contribution in [0.25, 0.3) is 0 Å². The zero-order valence-corrected chi connectivity index (χ0v) is 12.6. The van der Waals surface area contributed by atoms with Crippen LogP contribution < -0.4 is 11.1 Å². The van der Waals surface area contributed by atoms with Gasteiger partial charge in [-0.05, 0) is 35.1 Å².